The van der Waals surface area contributed by atoms with Crippen molar-refractivity contribution in [3.63, 3.8) is 0 Å². The Kier molecular flexibility index (Phi) is 8.30. The number of nitrogens with one attached hydrogen (secondary N) is 1. The van der Waals surface area contributed by atoms with Crippen LogP contribution in [0.5, 0.6) is 0 Å². The molecular formula is C32H29N3O. The summed E-state index contributed by atoms with van der Waals surface area (Å²) >= 11 is 0. The van der Waals surface area contributed by atoms with Gasteiger partial charge in [-0.3, -0.25) is 4.79 Å². The van der Waals surface area contributed by atoms with Gasteiger partial charge in [0.05, 0.1) is 0 Å². The summed E-state index contributed by atoms with van der Waals surface area (Å²) in [5.74, 6) is -0.418. The number of nitrogens with zero attached hydrogens (tertiary/aromatic N) is 2. The summed E-state index contributed by atoms with van der Waals surface area (Å²) < 4.78 is 0. The molecule has 0 aliphatic carbocycles. The topological polar surface area (TPSA) is 56.1 Å². The normalized spacial score (nSPS) is 10.9. The largest absolute Gasteiger partial charge is 0.321 e. The van der Waals surface area contributed by atoms with Crippen molar-refractivity contribution in [3.8, 4) is 6.07 Å². The second-order valence-electron chi connectivity index (χ2n) is 8.52. The fourth-order valence-electron chi connectivity index (χ4n) is 3.97. The van der Waals surface area contributed by atoms with E-state index in [1.54, 1.807) is 6.08 Å². The molecule has 4 rings (SSSR count). The average Bonchev–Trinajstić information content (AvgIpc) is 2.93. The molecule has 0 fully saturated rings. The maximum Gasteiger partial charge on any atom is 0.266 e. The molecule has 4 heteroatoms. The number of carbonyl (C=O) groups is 1. The van der Waals surface area contributed by atoms with Crippen LogP contribution in [0.1, 0.15) is 30.9 Å². The molecule has 0 spiro atoms. The predicted molar refractivity (Wildman–Crippen MR) is 148 cm³/mol. The second kappa shape index (κ2) is 12.2. The van der Waals surface area contributed by atoms with Gasteiger partial charge in [-0.05, 0) is 78.6 Å². The molecule has 0 unspecified atom stereocenters. The van der Waals surface area contributed by atoms with Gasteiger partial charge in [0.25, 0.3) is 5.91 Å². The van der Waals surface area contributed by atoms with Crippen molar-refractivity contribution in [2.75, 3.05) is 10.2 Å². The van der Waals surface area contributed by atoms with Crippen LogP contribution in [0.2, 0.25) is 0 Å². The number of rotatable bonds is 9. The Hall–Kier alpha value is -4.62. The number of amides is 1. The standard InChI is InChI=1S/C32H29N3O/c1-2-3-10-25-15-19-28(20-16-25)34-32(36)27(24-33)23-26-17-21-31(22-18-26)35(29-11-6-4-7-12-29)30-13-8-5-9-14-30/h4-9,11-23H,2-3,10H2,1H3,(H,34,36). The molecule has 1 amide bonds. The van der Waals surface area contributed by atoms with Crippen molar-refractivity contribution in [3.05, 3.63) is 126 Å². The van der Waals surface area contributed by atoms with Crippen LogP contribution < -0.4 is 10.2 Å². The van der Waals surface area contributed by atoms with E-state index in [9.17, 15) is 10.1 Å². The monoisotopic (exact) mass is 471 g/mol. The Labute approximate surface area is 213 Å². The molecule has 0 saturated heterocycles. The number of aryl methyl sites for hydroxylation is 1. The molecule has 1 N–H and O–H groups in total. The third-order valence-electron chi connectivity index (χ3n) is 5.89. The SMILES string of the molecule is CCCCc1ccc(NC(=O)C(C#N)=Cc2ccc(N(c3ccccc3)c3ccccc3)cc2)cc1. The van der Waals surface area contributed by atoms with Crippen molar-refractivity contribution < 1.29 is 4.79 Å². The van der Waals surface area contributed by atoms with Gasteiger partial charge in [-0.15, -0.1) is 0 Å². The lowest BCUT2D eigenvalue weighted by Crippen LogP contribution is -2.13. The van der Waals surface area contributed by atoms with Gasteiger partial charge >= 0.3 is 0 Å². The van der Waals surface area contributed by atoms with Crippen molar-refractivity contribution in [2.24, 2.45) is 0 Å². The molecular weight excluding hydrogens is 442 g/mol. The lowest BCUT2D eigenvalue weighted by atomic mass is 10.1. The van der Waals surface area contributed by atoms with Crippen LogP contribution in [0.15, 0.2) is 115 Å². The zero-order chi connectivity index (χ0) is 25.2. The van der Waals surface area contributed by atoms with Crippen LogP contribution in [0.3, 0.4) is 0 Å². The Balaban J connectivity index is 1.52. The summed E-state index contributed by atoms with van der Waals surface area (Å²) in [6.07, 6.45) is 4.92. The van der Waals surface area contributed by atoms with Crippen LogP contribution in [0.25, 0.3) is 6.08 Å². The van der Waals surface area contributed by atoms with Gasteiger partial charge in [-0.2, -0.15) is 5.26 Å². The molecule has 4 aromatic carbocycles. The molecule has 0 heterocycles. The van der Waals surface area contributed by atoms with Gasteiger partial charge in [0.2, 0.25) is 0 Å². The van der Waals surface area contributed by atoms with Crippen LogP contribution in [-0.2, 0) is 11.2 Å². The highest BCUT2D eigenvalue weighted by molar-refractivity contribution is 6.09. The minimum absolute atomic E-state index is 0.0563. The summed E-state index contributed by atoms with van der Waals surface area (Å²) in [4.78, 5) is 14.9. The summed E-state index contributed by atoms with van der Waals surface area (Å²) in [5, 5.41) is 12.5. The summed E-state index contributed by atoms with van der Waals surface area (Å²) in [6, 6.07) is 38.0. The minimum atomic E-state index is -0.418. The fourth-order valence-corrected chi connectivity index (χ4v) is 3.97. The van der Waals surface area contributed by atoms with E-state index in [0.717, 1.165) is 41.9 Å². The lowest BCUT2D eigenvalue weighted by molar-refractivity contribution is -0.112. The molecule has 0 atom stereocenters. The summed E-state index contributed by atoms with van der Waals surface area (Å²) in [6.45, 7) is 2.17. The Morgan fingerprint density at radius 3 is 1.89 bits per heavy atom. The van der Waals surface area contributed by atoms with Gasteiger partial charge in [-0.1, -0.05) is 74.0 Å². The molecule has 36 heavy (non-hydrogen) atoms. The lowest BCUT2D eigenvalue weighted by Gasteiger charge is -2.25. The number of hydrogen-bond acceptors (Lipinski definition) is 3. The maximum atomic E-state index is 12.7. The first-order valence-electron chi connectivity index (χ1n) is 12.2. The number of para-hydroxylation sites is 2. The van der Waals surface area contributed by atoms with E-state index >= 15 is 0 Å². The van der Waals surface area contributed by atoms with Crippen LogP contribution in [0.4, 0.5) is 22.7 Å². The Bertz CT molecular complexity index is 1300. The van der Waals surface area contributed by atoms with Crippen molar-refractivity contribution in [1.82, 2.24) is 0 Å². The first-order valence-corrected chi connectivity index (χ1v) is 12.2. The summed E-state index contributed by atoms with van der Waals surface area (Å²) in [7, 11) is 0. The molecule has 0 aliphatic rings. The fraction of sp³-hybridized carbons (Fsp3) is 0.125. The van der Waals surface area contributed by atoms with E-state index in [0.29, 0.717) is 5.69 Å². The third-order valence-corrected chi connectivity index (χ3v) is 5.89. The Morgan fingerprint density at radius 1 is 0.806 bits per heavy atom. The highest BCUT2D eigenvalue weighted by atomic mass is 16.1. The number of hydrogen-bond donors (Lipinski definition) is 1. The molecule has 0 saturated carbocycles. The second-order valence-corrected chi connectivity index (χ2v) is 8.52. The molecule has 0 radical (unpaired) electrons. The van der Waals surface area contributed by atoms with Gasteiger partial charge in [0.15, 0.2) is 0 Å². The zero-order valence-electron chi connectivity index (χ0n) is 20.4. The smallest absolute Gasteiger partial charge is 0.266 e. The van der Waals surface area contributed by atoms with Crippen LogP contribution in [0, 0.1) is 11.3 Å². The minimum Gasteiger partial charge on any atom is -0.321 e. The summed E-state index contributed by atoms with van der Waals surface area (Å²) in [5.41, 5.74) is 5.83. The quantitative estimate of drug-likeness (QED) is 0.198. The number of benzene rings is 4. The van der Waals surface area contributed by atoms with E-state index in [-0.39, 0.29) is 5.57 Å². The number of anilines is 4. The van der Waals surface area contributed by atoms with E-state index in [2.05, 4.69) is 41.4 Å². The Morgan fingerprint density at radius 2 is 1.36 bits per heavy atom. The molecule has 178 valence electrons. The van der Waals surface area contributed by atoms with Crippen molar-refractivity contribution in [1.29, 1.82) is 5.26 Å². The first-order chi connectivity index (χ1) is 17.7. The maximum absolute atomic E-state index is 12.7. The van der Waals surface area contributed by atoms with Gasteiger partial charge < -0.3 is 10.2 Å². The van der Waals surface area contributed by atoms with Crippen LogP contribution >= 0.6 is 0 Å². The first kappa shape index (κ1) is 24.5. The predicted octanol–water partition coefficient (Wildman–Crippen LogP) is 8.04. The number of carbonyl (C=O) groups excluding carboxylic acids is 1. The van der Waals surface area contributed by atoms with Crippen molar-refractivity contribution >= 4 is 34.7 Å². The third kappa shape index (κ3) is 6.28. The van der Waals surface area contributed by atoms with Gasteiger partial charge in [0, 0.05) is 22.7 Å². The van der Waals surface area contributed by atoms with Gasteiger partial charge in [0.1, 0.15) is 11.6 Å². The molecule has 4 aromatic rings. The van der Waals surface area contributed by atoms with E-state index in [1.807, 2.05) is 91.0 Å². The van der Waals surface area contributed by atoms with Crippen molar-refractivity contribution in [2.45, 2.75) is 26.2 Å². The van der Waals surface area contributed by atoms with E-state index in [4.69, 9.17) is 0 Å². The highest BCUT2D eigenvalue weighted by Crippen LogP contribution is 2.34. The van der Waals surface area contributed by atoms with E-state index < -0.39 is 5.91 Å². The zero-order valence-corrected chi connectivity index (χ0v) is 20.4. The van der Waals surface area contributed by atoms with Crippen LogP contribution in [-0.4, -0.2) is 5.91 Å². The average molecular weight is 472 g/mol. The van der Waals surface area contributed by atoms with Gasteiger partial charge in [-0.25, -0.2) is 0 Å². The van der Waals surface area contributed by atoms with E-state index in [1.165, 1.54) is 5.56 Å². The molecule has 0 aliphatic heterocycles. The number of unbranched alkanes of at least 4 members (excludes halogenated alkanes) is 1. The highest BCUT2D eigenvalue weighted by Gasteiger charge is 2.13. The molecule has 0 aromatic heterocycles. The molecule has 4 nitrogen and oxygen atoms in total. The molecule has 0 bridgehead atoms. The number of nitriles is 1.